The second-order valence-electron chi connectivity index (χ2n) is 4.81. The molecule has 0 unspecified atom stereocenters. The van der Waals surface area contributed by atoms with Crippen LogP contribution in [0.1, 0.15) is 20.9 Å². The molecule has 23 heavy (non-hydrogen) atoms. The minimum absolute atomic E-state index is 0.0972. The summed E-state index contributed by atoms with van der Waals surface area (Å²) in [6.45, 7) is 1.56. The van der Waals surface area contributed by atoms with Gasteiger partial charge in [0.25, 0.3) is 5.91 Å². The molecule has 3 aromatic rings. The number of hydrogen-bond donors (Lipinski definition) is 1. The largest absolute Gasteiger partial charge is 0.420 e. The van der Waals surface area contributed by atoms with Gasteiger partial charge < -0.3 is 9.72 Å². The number of carbonyl (C=O) groups is 1. The van der Waals surface area contributed by atoms with Gasteiger partial charge in [-0.3, -0.25) is 4.79 Å². The highest BCUT2D eigenvalue weighted by molar-refractivity contribution is 7.12. The topological polar surface area (TPSA) is 46.4 Å². The molecule has 9 heteroatoms. The van der Waals surface area contributed by atoms with Crippen molar-refractivity contribution in [1.82, 2.24) is 9.38 Å². The Morgan fingerprint density at radius 1 is 1.35 bits per heavy atom. The number of fused-ring (bicyclic) bond motifs is 1. The Hall–Kier alpha value is -2.42. The standard InChI is InChI=1S/C14H9F4N3OS/c1-7-5-21-6-8(4-9(12(21)19-7)14(16,17)18)20-13(22)11-10(15)2-3-23-11/h2-6H,1H3,(H,20,22). The van der Waals surface area contributed by atoms with Gasteiger partial charge in [-0.25, -0.2) is 9.37 Å². The van der Waals surface area contributed by atoms with Crippen molar-refractivity contribution in [1.29, 1.82) is 0 Å². The number of halogens is 4. The molecule has 0 aromatic carbocycles. The lowest BCUT2D eigenvalue weighted by Crippen LogP contribution is -2.14. The van der Waals surface area contributed by atoms with Crippen LogP contribution in [0.3, 0.4) is 0 Å². The molecule has 0 aliphatic carbocycles. The third kappa shape index (κ3) is 2.91. The molecular weight excluding hydrogens is 334 g/mol. The van der Waals surface area contributed by atoms with Crippen LogP contribution < -0.4 is 5.32 Å². The molecule has 0 fully saturated rings. The van der Waals surface area contributed by atoms with Crippen molar-refractivity contribution in [3.8, 4) is 0 Å². The summed E-state index contributed by atoms with van der Waals surface area (Å²) >= 11 is 0.866. The van der Waals surface area contributed by atoms with Crippen LogP contribution in [-0.2, 0) is 6.18 Å². The van der Waals surface area contributed by atoms with E-state index in [-0.39, 0.29) is 16.2 Å². The van der Waals surface area contributed by atoms with E-state index in [1.165, 1.54) is 22.2 Å². The summed E-state index contributed by atoms with van der Waals surface area (Å²) in [5.74, 6) is -1.52. The van der Waals surface area contributed by atoms with E-state index < -0.39 is 23.5 Å². The Bertz CT molecular complexity index is 897. The SMILES string of the molecule is Cc1cn2cc(NC(=O)c3sccc3F)cc(C(F)(F)F)c2n1. The van der Waals surface area contributed by atoms with Crippen LogP contribution in [0.15, 0.2) is 29.9 Å². The maximum Gasteiger partial charge on any atom is 0.420 e. The molecule has 0 saturated carbocycles. The van der Waals surface area contributed by atoms with E-state index >= 15 is 0 Å². The fourth-order valence-corrected chi connectivity index (χ4v) is 2.80. The zero-order valence-corrected chi connectivity index (χ0v) is 12.4. The van der Waals surface area contributed by atoms with Crippen LogP contribution >= 0.6 is 11.3 Å². The number of thiophene rings is 1. The Kier molecular flexibility index (Phi) is 3.59. The summed E-state index contributed by atoms with van der Waals surface area (Å²) < 4.78 is 54.0. The smallest absolute Gasteiger partial charge is 0.320 e. The van der Waals surface area contributed by atoms with Gasteiger partial charge in [0.2, 0.25) is 0 Å². The number of anilines is 1. The minimum atomic E-state index is -4.63. The average Bonchev–Trinajstić information content (AvgIpc) is 3.01. The molecular formula is C14H9F4N3OS. The van der Waals surface area contributed by atoms with E-state index in [0.29, 0.717) is 5.69 Å². The van der Waals surface area contributed by atoms with Crippen molar-refractivity contribution in [3.63, 3.8) is 0 Å². The van der Waals surface area contributed by atoms with Crippen molar-refractivity contribution in [2.24, 2.45) is 0 Å². The number of pyridine rings is 1. The molecule has 0 aliphatic rings. The molecule has 1 N–H and O–H groups in total. The number of hydrogen-bond acceptors (Lipinski definition) is 3. The van der Waals surface area contributed by atoms with E-state index in [4.69, 9.17) is 0 Å². The first kappa shape index (κ1) is 15.5. The number of nitrogens with one attached hydrogen (secondary N) is 1. The van der Waals surface area contributed by atoms with Crippen LogP contribution in [-0.4, -0.2) is 15.3 Å². The summed E-state index contributed by atoms with van der Waals surface area (Å²) in [6.07, 6.45) is -1.92. The van der Waals surface area contributed by atoms with Crippen LogP contribution in [0.25, 0.3) is 5.65 Å². The highest BCUT2D eigenvalue weighted by Crippen LogP contribution is 2.34. The van der Waals surface area contributed by atoms with E-state index in [2.05, 4.69) is 10.3 Å². The third-order valence-corrected chi connectivity index (χ3v) is 3.95. The molecule has 120 valence electrons. The van der Waals surface area contributed by atoms with E-state index in [1.807, 2.05) is 0 Å². The first-order chi connectivity index (χ1) is 10.8. The maximum absolute atomic E-state index is 13.4. The summed E-state index contributed by atoms with van der Waals surface area (Å²) in [5, 5.41) is 3.66. The number of amides is 1. The first-order valence-corrected chi connectivity index (χ1v) is 7.24. The van der Waals surface area contributed by atoms with Crippen LogP contribution in [0, 0.1) is 12.7 Å². The lowest BCUT2D eigenvalue weighted by Gasteiger charge is -2.11. The predicted octanol–water partition coefficient (Wildman–Crippen LogP) is 4.11. The zero-order valence-electron chi connectivity index (χ0n) is 11.6. The normalized spacial score (nSPS) is 11.9. The summed E-state index contributed by atoms with van der Waals surface area (Å²) in [7, 11) is 0. The maximum atomic E-state index is 13.4. The highest BCUT2D eigenvalue weighted by atomic mass is 32.1. The average molecular weight is 343 g/mol. The molecule has 0 bridgehead atoms. The summed E-state index contributed by atoms with van der Waals surface area (Å²) in [4.78, 5) is 15.6. The lowest BCUT2D eigenvalue weighted by molar-refractivity contribution is -0.136. The number of aromatic nitrogens is 2. The van der Waals surface area contributed by atoms with Crippen molar-refractivity contribution in [2.75, 3.05) is 5.32 Å². The van der Waals surface area contributed by atoms with E-state index in [1.54, 1.807) is 6.92 Å². The zero-order chi connectivity index (χ0) is 16.8. The van der Waals surface area contributed by atoms with Gasteiger partial charge in [0, 0.05) is 12.4 Å². The molecule has 0 saturated heterocycles. The molecule has 0 spiro atoms. The molecule has 3 heterocycles. The fraction of sp³-hybridized carbons (Fsp3) is 0.143. The van der Waals surface area contributed by atoms with Crippen molar-refractivity contribution >= 4 is 28.6 Å². The fourth-order valence-electron chi connectivity index (χ4n) is 2.14. The molecule has 4 nitrogen and oxygen atoms in total. The second-order valence-corrected chi connectivity index (χ2v) is 5.72. The Morgan fingerprint density at radius 2 is 2.09 bits per heavy atom. The second kappa shape index (κ2) is 5.34. The number of carbonyl (C=O) groups excluding carboxylic acids is 1. The van der Waals surface area contributed by atoms with Gasteiger partial charge in [-0.05, 0) is 24.4 Å². The molecule has 3 aromatic heterocycles. The number of rotatable bonds is 2. The molecule has 1 amide bonds. The van der Waals surface area contributed by atoms with Crippen LogP contribution in [0.5, 0.6) is 0 Å². The summed E-state index contributed by atoms with van der Waals surface area (Å²) in [5.41, 5.74) is -0.923. The van der Waals surface area contributed by atoms with Gasteiger partial charge in [-0.2, -0.15) is 13.2 Å². The predicted molar refractivity (Wildman–Crippen MR) is 77.2 cm³/mol. The molecule has 0 aliphatic heterocycles. The molecule has 3 rings (SSSR count). The van der Waals surface area contributed by atoms with Crippen molar-refractivity contribution < 1.29 is 22.4 Å². The van der Waals surface area contributed by atoms with Gasteiger partial charge in [-0.15, -0.1) is 11.3 Å². The van der Waals surface area contributed by atoms with Gasteiger partial charge in [0.1, 0.15) is 21.9 Å². The lowest BCUT2D eigenvalue weighted by atomic mass is 10.2. The molecule has 0 atom stereocenters. The van der Waals surface area contributed by atoms with Gasteiger partial charge in [0.15, 0.2) is 0 Å². The first-order valence-electron chi connectivity index (χ1n) is 6.36. The number of alkyl halides is 3. The van der Waals surface area contributed by atoms with Gasteiger partial charge >= 0.3 is 6.18 Å². The Morgan fingerprint density at radius 3 is 2.70 bits per heavy atom. The summed E-state index contributed by atoms with van der Waals surface area (Å²) in [6, 6.07) is 1.90. The Labute approximate surface area is 131 Å². The highest BCUT2D eigenvalue weighted by Gasteiger charge is 2.34. The quantitative estimate of drug-likeness (QED) is 0.712. The van der Waals surface area contributed by atoms with Crippen molar-refractivity contribution in [2.45, 2.75) is 13.1 Å². The third-order valence-electron chi connectivity index (χ3n) is 3.06. The number of nitrogens with zero attached hydrogens (tertiary/aromatic N) is 2. The van der Waals surface area contributed by atoms with Gasteiger partial charge in [-0.1, -0.05) is 0 Å². The van der Waals surface area contributed by atoms with Crippen molar-refractivity contribution in [3.05, 3.63) is 51.9 Å². The van der Waals surface area contributed by atoms with Crippen LogP contribution in [0.2, 0.25) is 0 Å². The number of aryl methyl sites for hydroxylation is 1. The van der Waals surface area contributed by atoms with E-state index in [0.717, 1.165) is 23.5 Å². The van der Waals surface area contributed by atoms with Crippen LogP contribution in [0.4, 0.5) is 23.2 Å². The minimum Gasteiger partial charge on any atom is -0.320 e. The molecule has 0 radical (unpaired) electrons. The monoisotopic (exact) mass is 343 g/mol. The Balaban J connectivity index is 2.05. The number of imidazole rings is 1. The van der Waals surface area contributed by atoms with Gasteiger partial charge in [0.05, 0.1) is 11.4 Å². The van der Waals surface area contributed by atoms with E-state index in [9.17, 15) is 22.4 Å².